The average Bonchev–Trinajstić information content (AvgIpc) is 1.84. The summed E-state index contributed by atoms with van der Waals surface area (Å²) in [5, 5.41) is 8.50. The molecule has 3 nitrogen and oxygen atoms in total. The van der Waals surface area contributed by atoms with Gasteiger partial charge >= 0.3 is 5.97 Å². The zero-order valence-corrected chi connectivity index (χ0v) is 4.88. The van der Waals surface area contributed by atoms with Gasteiger partial charge in [-0.25, -0.2) is 0 Å². The smallest absolute Gasteiger partial charge is 0.320 e. The van der Waals surface area contributed by atoms with Crippen LogP contribution in [0.3, 0.4) is 0 Å². The Morgan fingerprint density at radius 3 is 2.50 bits per heavy atom. The predicted molar refractivity (Wildman–Crippen MR) is 30.4 cm³/mol. The largest absolute Gasteiger partial charge is 0.480 e. The van der Waals surface area contributed by atoms with Crippen molar-refractivity contribution < 1.29 is 14.1 Å². The first-order chi connectivity index (χ1) is 4.83. The van der Waals surface area contributed by atoms with E-state index in [1.807, 2.05) is 0 Å². The van der Waals surface area contributed by atoms with Gasteiger partial charge < -0.3 is 10.8 Å². The maximum Gasteiger partial charge on any atom is 0.320 e. The zero-order valence-electron chi connectivity index (χ0n) is 7.88. The van der Waals surface area contributed by atoms with Crippen molar-refractivity contribution in [3.63, 3.8) is 0 Å². The van der Waals surface area contributed by atoms with Gasteiger partial charge in [-0.3, -0.25) is 4.79 Å². The average molecular weight is 120 g/mol. The lowest BCUT2D eigenvalue weighted by molar-refractivity contribution is -0.139. The Hall–Kier alpha value is -0.570. The molecule has 0 aromatic rings. The second-order valence-corrected chi connectivity index (χ2v) is 1.85. The molecule has 0 saturated heterocycles. The molecule has 0 aromatic heterocycles. The minimum atomic E-state index is -2.17. The Balaban J connectivity index is 4.67. The molecule has 3 N–H and O–H groups in total. The van der Waals surface area contributed by atoms with Gasteiger partial charge in [0.2, 0.25) is 0 Å². The normalized spacial score (nSPS) is 23.8. The summed E-state index contributed by atoms with van der Waals surface area (Å²) >= 11 is 0. The van der Waals surface area contributed by atoms with E-state index >= 15 is 0 Å². The Morgan fingerprint density at radius 2 is 2.50 bits per heavy atom. The fourth-order valence-corrected chi connectivity index (χ4v) is 0.247. The quantitative estimate of drug-likeness (QED) is 0.553. The van der Waals surface area contributed by atoms with Gasteiger partial charge in [-0.2, -0.15) is 0 Å². The van der Waals surface area contributed by atoms with E-state index in [1.54, 1.807) is 0 Å². The van der Waals surface area contributed by atoms with Crippen LogP contribution in [0.5, 0.6) is 0 Å². The van der Waals surface area contributed by atoms with E-state index < -0.39 is 17.9 Å². The van der Waals surface area contributed by atoms with Gasteiger partial charge in [0.25, 0.3) is 0 Å². The molecule has 0 amide bonds. The monoisotopic (exact) mass is 120 g/mol. The van der Waals surface area contributed by atoms with Crippen molar-refractivity contribution in [2.45, 2.75) is 19.9 Å². The van der Waals surface area contributed by atoms with E-state index in [4.69, 9.17) is 9.30 Å². The van der Waals surface area contributed by atoms with Gasteiger partial charge in [-0.15, -0.1) is 0 Å². The van der Waals surface area contributed by atoms with Crippen molar-refractivity contribution in [3.8, 4) is 0 Å². The van der Waals surface area contributed by atoms with Crippen molar-refractivity contribution in [1.29, 1.82) is 0 Å². The second kappa shape index (κ2) is 2.67. The maximum atomic E-state index is 10.4. The highest BCUT2D eigenvalue weighted by Gasteiger charge is 2.14. The van der Waals surface area contributed by atoms with Crippen molar-refractivity contribution >= 4 is 5.97 Å². The molecule has 0 aliphatic carbocycles. The molecular formula is C5H11NO2. The number of aliphatic carboxylic acids is 1. The van der Waals surface area contributed by atoms with Crippen LogP contribution in [0.2, 0.25) is 2.82 Å². The lowest BCUT2D eigenvalue weighted by Gasteiger charge is -2.07. The van der Waals surface area contributed by atoms with Crippen molar-refractivity contribution in [2.24, 2.45) is 11.6 Å². The molecule has 48 valence electrons. The summed E-state index contributed by atoms with van der Waals surface area (Å²) in [4.78, 5) is 10.4. The molecule has 0 saturated carbocycles. The number of nitrogens with two attached hydrogens (primary N) is 1. The Kier molecular flexibility index (Phi) is 1.15. The molecular weight excluding hydrogens is 106 g/mol. The van der Waals surface area contributed by atoms with E-state index in [9.17, 15) is 4.79 Å². The van der Waals surface area contributed by atoms with Gasteiger partial charge in [0, 0.05) is 0 Å². The molecule has 0 aliphatic heterocycles. The first-order valence-electron chi connectivity index (χ1n) is 3.74. The van der Waals surface area contributed by atoms with Crippen LogP contribution in [0.15, 0.2) is 0 Å². The summed E-state index contributed by atoms with van der Waals surface area (Å²) in [5.74, 6) is -2.08. The van der Waals surface area contributed by atoms with Gasteiger partial charge in [0.05, 0.1) is 1.37 Å². The number of carboxylic acids is 1. The number of rotatable bonds is 3. The molecule has 8 heavy (non-hydrogen) atoms. The SMILES string of the molecule is [2H]N([2H])[C@]([2H])(C(=O)O)C(C)C. The highest BCUT2D eigenvalue weighted by atomic mass is 16.4. The highest BCUT2D eigenvalue weighted by Crippen LogP contribution is 1.96. The Labute approximate surface area is 52.8 Å². The molecule has 0 unspecified atom stereocenters. The molecule has 3 heteroatoms. The van der Waals surface area contributed by atoms with Crippen LogP contribution in [0, 0.1) is 5.92 Å². The maximum absolute atomic E-state index is 10.4. The molecule has 0 bridgehead atoms. The van der Waals surface area contributed by atoms with Crippen LogP contribution in [-0.4, -0.2) is 17.1 Å². The first kappa shape index (κ1) is 3.45. The second-order valence-electron chi connectivity index (χ2n) is 1.85. The van der Waals surface area contributed by atoms with E-state index in [2.05, 4.69) is 0 Å². The first-order valence-corrected chi connectivity index (χ1v) is 2.34. The zero-order chi connectivity index (χ0) is 9.23. The Bertz CT molecular complexity index is 152. The van der Waals surface area contributed by atoms with Crippen LogP contribution in [-0.2, 0) is 4.79 Å². The minimum absolute atomic E-state index is 0.0972. The number of carbonyl (C=O) groups is 1. The summed E-state index contributed by atoms with van der Waals surface area (Å²) in [6, 6.07) is -2.17. The molecule has 0 aromatic carbocycles. The molecule has 0 spiro atoms. The molecule has 1 atom stereocenters. The third kappa shape index (κ3) is 1.93. The molecule has 0 fully saturated rings. The van der Waals surface area contributed by atoms with Crippen LogP contribution in [0.1, 0.15) is 15.2 Å². The third-order valence-corrected chi connectivity index (χ3v) is 0.766. The van der Waals surface area contributed by atoms with Crippen molar-refractivity contribution in [2.75, 3.05) is 0 Å². The van der Waals surface area contributed by atoms with Gasteiger partial charge in [-0.1, -0.05) is 13.8 Å². The topological polar surface area (TPSA) is 63.3 Å². The minimum Gasteiger partial charge on any atom is -0.480 e. The predicted octanol–water partition coefficient (Wildman–Crippen LogP) is 0.0543. The van der Waals surface area contributed by atoms with Crippen LogP contribution >= 0.6 is 0 Å². The van der Waals surface area contributed by atoms with E-state index in [1.165, 1.54) is 13.8 Å². The standard InChI is InChI=1S/C5H11NO2/c1-3(2)4(6)5(7)8/h3-4H,6H2,1-2H3,(H,7,8)/t4-/m0/s1/i4D/hD2. The summed E-state index contributed by atoms with van der Waals surface area (Å²) < 4.78 is 20.7. The van der Waals surface area contributed by atoms with Crippen LogP contribution in [0.25, 0.3) is 0 Å². The number of carboxylic acid groups (broad SMARTS) is 1. The highest BCUT2D eigenvalue weighted by molar-refractivity contribution is 5.73. The fraction of sp³-hybridized carbons (Fsp3) is 0.800. The number of hydrogen-bond donors (Lipinski definition) is 2. The number of hydrogen-bond acceptors (Lipinski definition) is 2. The van der Waals surface area contributed by atoms with E-state index in [0.717, 1.165) is 0 Å². The van der Waals surface area contributed by atoms with E-state index in [0.29, 0.717) is 0 Å². The molecule has 0 heterocycles. The fourth-order valence-electron chi connectivity index (χ4n) is 0.247. The summed E-state index contributed by atoms with van der Waals surface area (Å²) in [6.07, 6.45) is 0. The van der Waals surface area contributed by atoms with E-state index in [-0.39, 0.29) is 5.72 Å². The van der Waals surface area contributed by atoms with Gasteiger partial charge in [0.15, 0.2) is 0 Å². The van der Waals surface area contributed by atoms with Crippen molar-refractivity contribution in [3.05, 3.63) is 0 Å². The Morgan fingerprint density at radius 1 is 2.00 bits per heavy atom. The van der Waals surface area contributed by atoms with Gasteiger partial charge in [-0.05, 0) is 5.92 Å². The lowest BCUT2D eigenvalue weighted by Crippen LogP contribution is -2.34. The summed E-state index contributed by atoms with van der Waals surface area (Å²) in [7, 11) is 0. The van der Waals surface area contributed by atoms with Crippen molar-refractivity contribution in [1.82, 2.24) is 0 Å². The third-order valence-electron chi connectivity index (χ3n) is 0.766. The summed E-state index contributed by atoms with van der Waals surface area (Å²) in [6.45, 7) is 2.97. The summed E-state index contributed by atoms with van der Waals surface area (Å²) in [5.41, 5.74) is -0.0972. The molecule has 0 rings (SSSR count). The van der Waals surface area contributed by atoms with Crippen LogP contribution in [0.4, 0.5) is 0 Å². The molecule has 0 aliphatic rings. The van der Waals surface area contributed by atoms with Crippen LogP contribution < -0.4 is 5.72 Å². The molecule has 0 radical (unpaired) electrons. The lowest BCUT2D eigenvalue weighted by atomic mass is 10.1. The van der Waals surface area contributed by atoms with Gasteiger partial charge in [0.1, 0.15) is 8.84 Å².